The van der Waals surface area contributed by atoms with Crippen LogP contribution in [0.3, 0.4) is 0 Å². The summed E-state index contributed by atoms with van der Waals surface area (Å²) in [5, 5.41) is 0. The molecule has 0 fully saturated rings. The summed E-state index contributed by atoms with van der Waals surface area (Å²) < 4.78 is 18.8. The van der Waals surface area contributed by atoms with Gasteiger partial charge in [0.25, 0.3) is 0 Å². The standard InChI is InChI=1S/C21H18FNO/c1-16-5-2-3-8-21(16)23-14-17-9-11-20(12-10-17)24-15-18-6-4-7-19(22)13-18/h2-14H,15H2,1H3. The lowest BCUT2D eigenvalue weighted by Crippen LogP contribution is -1.96. The van der Waals surface area contributed by atoms with E-state index in [2.05, 4.69) is 4.99 Å². The van der Waals surface area contributed by atoms with Crippen LogP contribution < -0.4 is 4.74 Å². The Morgan fingerprint density at radius 3 is 2.50 bits per heavy atom. The third kappa shape index (κ3) is 4.29. The van der Waals surface area contributed by atoms with E-state index in [1.807, 2.05) is 67.7 Å². The Labute approximate surface area is 141 Å². The van der Waals surface area contributed by atoms with Crippen LogP contribution in [0.15, 0.2) is 77.8 Å². The van der Waals surface area contributed by atoms with Crippen molar-refractivity contribution in [2.75, 3.05) is 0 Å². The van der Waals surface area contributed by atoms with Crippen molar-refractivity contribution in [3.05, 3.63) is 95.3 Å². The van der Waals surface area contributed by atoms with Gasteiger partial charge in [0, 0.05) is 6.21 Å². The molecule has 2 nitrogen and oxygen atoms in total. The molecular formula is C21H18FNO. The fraction of sp³-hybridized carbons (Fsp3) is 0.0952. The van der Waals surface area contributed by atoms with E-state index in [1.54, 1.807) is 6.07 Å². The Kier molecular flexibility index (Phi) is 5.02. The van der Waals surface area contributed by atoms with Gasteiger partial charge in [-0.3, -0.25) is 4.99 Å². The van der Waals surface area contributed by atoms with Crippen molar-refractivity contribution in [3.8, 4) is 5.75 Å². The highest BCUT2D eigenvalue weighted by Gasteiger charge is 1.98. The molecule has 3 aromatic rings. The number of aryl methyl sites for hydroxylation is 1. The van der Waals surface area contributed by atoms with Gasteiger partial charge in [-0.05, 0) is 66.1 Å². The molecule has 0 aromatic heterocycles. The number of para-hydroxylation sites is 1. The van der Waals surface area contributed by atoms with Gasteiger partial charge in [-0.1, -0.05) is 30.3 Å². The lowest BCUT2D eigenvalue weighted by Gasteiger charge is -2.06. The van der Waals surface area contributed by atoms with Crippen molar-refractivity contribution in [2.24, 2.45) is 4.99 Å². The fourth-order valence-electron chi connectivity index (χ4n) is 2.30. The molecule has 0 N–H and O–H groups in total. The van der Waals surface area contributed by atoms with Crippen molar-refractivity contribution in [1.29, 1.82) is 0 Å². The van der Waals surface area contributed by atoms with Crippen LogP contribution in [-0.2, 0) is 6.61 Å². The van der Waals surface area contributed by atoms with Gasteiger partial charge in [0.1, 0.15) is 18.2 Å². The highest BCUT2D eigenvalue weighted by molar-refractivity contribution is 5.82. The zero-order valence-electron chi connectivity index (χ0n) is 13.4. The van der Waals surface area contributed by atoms with Crippen LogP contribution in [0.5, 0.6) is 5.75 Å². The van der Waals surface area contributed by atoms with Crippen molar-refractivity contribution in [1.82, 2.24) is 0 Å². The maximum absolute atomic E-state index is 13.1. The minimum absolute atomic E-state index is 0.251. The molecule has 0 spiro atoms. The van der Waals surface area contributed by atoms with Crippen LogP contribution in [0, 0.1) is 12.7 Å². The van der Waals surface area contributed by atoms with Crippen LogP contribution in [-0.4, -0.2) is 6.21 Å². The molecule has 0 aliphatic heterocycles. The predicted octanol–water partition coefficient (Wildman–Crippen LogP) is 5.46. The number of rotatable bonds is 5. The van der Waals surface area contributed by atoms with E-state index in [0.717, 1.165) is 28.1 Å². The molecule has 0 bridgehead atoms. The maximum Gasteiger partial charge on any atom is 0.123 e. The first-order valence-corrected chi connectivity index (χ1v) is 7.78. The highest BCUT2D eigenvalue weighted by Crippen LogP contribution is 2.18. The molecule has 120 valence electrons. The van der Waals surface area contributed by atoms with Gasteiger partial charge in [0.15, 0.2) is 0 Å². The fourth-order valence-corrected chi connectivity index (χ4v) is 2.30. The second-order valence-electron chi connectivity index (χ2n) is 5.53. The van der Waals surface area contributed by atoms with Crippen molar-refractivity contribution in [2.45, 2.75) is 13.5 Å². The minimum Gasteiger partial charge on any atom is -0.489 e. The molecule has 24 heavy (non-hydrogen) atoms. The number of nitrogens with zero attached hydrogens (tertiary/aromatic N) is 1. The first kappa shape index (κ1) is 15.9. The molecule has 3 aromatic carbocycles. The number of benzene rings is 3. The number of hydrogen-bond acceptors (Lipinski definition) is 2. The molecule has 0 saturated carbocycles. The van der Waals surface area contributed by atoms with Crippen molar-refractivity contribution in [3.63, 3.8) is 0 Å². The van der Waals surface area contributed by atoms with Gasteiger partial charge in [-0.15, -0.1) is 0 Å². The van der Waals surface area contributed by atoms with E-state index >= 15 is 0 Å². The topological polar surface area (TPSA) is 21.6 Å². The zero-order chi connectivity index (χ0) is 16.8. The zero-order valence-corrected chi connectivity index (χ0v) is 13.4. The summed E-state index contributed by atoms with van der Waals surface area (Å²) in [5.41, 5.74) is 3.91. The third-order valence-electron chi connectivity index (χ3n) is 3.64. The summed E-state index contributed by atoms with van der Waals surface area (Å²) in [6, 6.07) is 22.1. The molecule has 3 heteroatoms. The Balaban J connectivity index is 1.62. The van der Waals surface area contributed by atoms with Crippen LogP contribution in [0.1, 0.15) is 16.7 Å². The molecule has 3 rings (SSSR count). The molecule has 0 amide bonds. The Bertz CT molecular complexity index is 840. The van der Waals surface area contributed by atoms with Crippen molar-refractivity contribution >= 4 is 11.9 Å². The van der Waals surface area contributed by atoms with Crippen LogP contribution in [0.2, 0.25) is 0 Å². The lowest BCUT2D eigenvalue weighted by atomic mass is 10.2. The van der Waals surface area contributed by atoms with Gasteiger partial charge >= 0.3 is 0 Å². The third-order valence-corrected chi connectivity index (χ3v) is 3.64. The molecule has 0 saturated heterocycles. The van der Waals surface area contributed by atoms with Crippen molar-refractivity contribution < 1.29 is 9.13 Å². The van der Waals surface area contributed by atoms with E-state index < -0.39 is 0 Å². The normalized spacial score (nSPS) is 10.9. The molecule has 0 unspecified atom stereocenters. The second-order valence-corrected chi connectivity index (χ2v) is 5.53. The van der Waals surface area contributed by atoms with E-state index in [-0.39, 0.29) is 5.82 Å². The largest absolute Gasteiger partial charge is 0.489 e. The Morgan fingerprint density at radius 1 is 0.958 bits per heavy atom. The quantitative estimate of drug-likeness (QED) is 0.572. The summed E-state index contributed by atoms with van der Waals surface area (Å²) in [6.07, 6.45) is 1.83. The Morgan fingerprint density at radius 2 is 1.75 bits per heavy atom. The first-order valence-electron chi connectivity index (χ1n) is 7.78. The summed E-state index contributed by atoms with van der Waals surface area (Å²) in [5.74, 6) is 0.492. The summed E-state index contributed by atoms with van der Waals surface area (Å²) in [7, 11) is 0. The molecule has 0 heterocycles. The van der Waals surface area contributed by atoms with Gasteiger partial charge in [0.05, 0.1) is 5.69 Å². The monoisotopic (exact) mass is 319 g/mol. The smallest absolute Gasteiger partial charge is 0.123 e. The average Bonchev–Trinajstić information content (AvgIpc) is 2.60. The maximum atomic E-state index is 13.1. The average molecular weight is 319 g/mol. The van der Waals surface area contributed by atoms with Crippen LogP contribution in [0.25, 0.3) is 0 Å². The van der Waals surface area contributed by atoms with Gasteiger partial charge in [-0.25, -0.2) is 4.39 Å². The van der Waals surface area contributed by atoms with Crippen LogP contribution >= 0.6 is 0 Å². The number of ether oxygens (including phenoxy) is 1. The summed E-state index contributed by atoms with van der Waals surface area (Å²) in [4.78, 5) is 4.50. The predicted molar refractivity (Wildman–Crippen MR) is 95.6 cm³/mol. The lowest BCUT2D eigenvalue weighted by molar-refractivity contribution is 0.305. The SMILES string of the molecule is Cc1ccccc1N=Cc1ccc(OCc2cccc(F)c2)cc1. The summed E-state index contributed by atoms with van der Waals surface area (Å²) >= 11 is 0. The van der Waals surface area contributed by atoms with E-state index in [1.165, 1.54) is 12.1 Å². The van der Waals surface area contributed by atoms with E-state index in [9.17, 15) is 4.39 Å². The van der Waals surface area contributed by atoms with Crippen LogP contribution in [0.4, 0.5) is 10.1 Å². The molecule has 0 aliphatic rings. The molecule has 0 radical (unpaired) electrons. The molecule has 0 atom stereocenters. The summed E-state index contributed by atoms with van der Waals surface area (Å²) in [6.45, 7) is 2.38. The van der Waals surface area contributed by atoms with E-state index in [0.29, 0.717) is 6.61 Å². The number of halogens is 1. The van der Waals surface area contributed by atoms with Gasteiger partial charge in [0.2, 0.25) is 0 Å². The highest BCUT2D eigenvalue weighted by atomic mass is 19.1. The minimum atomic E-state index is -0.251. The van der Waals surface area contributed by atoms with Gasteiger partial charge < -0.3 is 4.74 Å². The number of hydrogen-bond donors (Lipinski definition) is 0. The second kappa shape index (κ2) is 7.55. The van der Waals surface area contributed by atoms with Gasteiger partial charge in [-0.2, -0.15) is 0 Å². The molecule has 0 aliphatic carbocycles. The van der Waals surface area contributed by atoms with E-state index in [4.69, 9.17) is 4.74 Å². The molecular weight excluding hydrogens is 301 g/mol. The Hall–Kier alpha value is -2.94. The number of aliphatic imine (C=N–C) groups is 1. The first-order chi connectivity index (χ1) is 11.7.